The van der Waals surface area contributed by atoms with Crippen LogP contribution in [0.2, 0.25) is 0 Å². The highest BCUT2D eigenvalue weighted by molar-refractivity contribution is 7.11. The second kappa shape index (κ2) is 4.44. The van der Waals surface area contributed by atoms with Crippen LogP contribution in [0, 0.1) is 18.8 Å². The molecule has 0 radical (unpaired) electrons. The number of carbonyl (C=O) groups is 2. The van der Waals surface area contributed by atoms with Gasteiger partial charge in [-0.25, -0.2) is 4.98 Å². The van der Waals surface area contributed by atoms with Gasteiger partial charge in [0.25, 0.3) is 0 Å². The first kappa shape index (κ1) is 12.0. The van der Waals surface area contributed by atoms with Crippen LogP contribution in [-0.2, 0) is 9.59 Å². The second-order valence-electron chi connectivity index (χ2n) is 4.33. The Morgan fingerprint density at radius 2 is 2.29 bits per heavy atom. The van der Waals surface area contributed by atoms with Gasteiger partial charge in [-0.15, -0.1) is 11.3 Å². The third kappa shape index (κ3) is 2.63. The topological polar surface area (TPSA) is 79.3 Å². The molecule has 1 unspecified atom stereocenters. The van der Waals surface area contributed by atoms with Gasteiger partial charge in [0.1, 0.15) is 5.01 Å². The molecule has 17 heavy (non-hydrogen) atoms. The van der Waals surface area contributed by atoms with Crippen molar-refractivity contribution in [3.05, 3.63) is 16.1 Å². The van der Waals surface area contributed by atoms with Crippen molar-refractivity contribution in [1.29, 1.82) is 0 Å². The summed E-state index contributed by atoms with van der Waals surface area (Å²) in [4.78, 5) is 27.6. The fourth-order valence-corrected chi connectivity index (χ4v) is 2.49. The maximum Gasteiger partial charge on any atom is 0.307 e. The molecule has 0 aromatic carbocycles. The Bertz CT molecular complexity index is 457. The Balaban J connectivity index is 1.90. The number of carbonyl (C=O) groups excluding carboxylic acids is 1. The zero-order chi connectivity index (χ0) is 12.6. The van der Waals surface area contributed by atoms with Crippen LogP contribution in [0.5, 0.6) is 0 Å². The molecule has 1 aliphatic carbocycles. The first-order chi connectivity index (χ1) is 7.99. The molecule has 3 atom stereocenters. The number of hydrogen-bond acceptors (Lipinski definition) is 4. The molecule has 0 saturated heterocycles. The lowest BCUT2D eigenvalue weighted by molar-refractivity contribution is -0.140. The summed E-state index contributed by atoms with van der Waals surface area (Å²) in [5, 5.41) is 12.4. The predicted octanol–water partition coefficient (Wildman–Crippen LogP) is 1.35. The SMILES string of the molecule is Cc1cnc(C(C)NC(=O)[C@@H]2C[C@@H]2C(=O)O)s1. The van der Waals surface area contributed by atoms with Crippen LogP contribution in [0.3, 0.4) is 0 Å². The van der Waals surface area contributed by atoms with E-state index in [9.17, 15) is 9.59 Å². The van der Waals surface area contributed by atoms with Crippen molar-refractivity contribution in [3.63, 3.8) is 0 Å². The van der Waals surface area contributed by atoms with Gasteiger partial charge < -0.3 is 10.4 Å². The van der Waals surface area contributed by atoms with E-state index < -0.39 is 11.9 Å². The van der Waals surface area contributed by atoms with Gasteiger partial charge in [-0.3, -0.25) is 9.59 Å². The molecule has 1 aromatic rings. The summed E-state index contributed by atoms with van der Waals surface area (Å²) in [7, 11) is 0. The van der Waals surface area contributed by atoms with Crippen molar-refractivity contribution in [1.82, 2.24) is 10.3 Å². The minimum absolute atomic E-state index is 0.156. The highest BCUT2D eigenvalue weighted by Gasteiger charge is 2.48. The molecular formula is C11H14N2O3S. The predicted molar refractivity (Wildman–Crippen MR) is 62.6 cm³/mol. The lowest BCUT2D eigenvalue weighted by Crippen LogP contribution is -2.29. The summed E-state index contributed by atoms with van der Waals surface area (Å²) < 4.78 is 0. The van der Waals surface area contributed by atoms with Gasteiger partial charge in [0, 0.05) is 11.1 Å². The van der Waals surface area contributed by atoms with E-state index in [-0.39, 0.29) is 17.9 Å². The van der Waals surface area contributed by atoms with E-state index in [4.69, 9.17) is 5.11 Å². The van der Waals surface area contributed by atoms with Gasteiger partial charge in [-0.1, -0.05) is 0 Å². The molecule has 1 aromatic heterocycles. The zero-order valence-electron chi connectivity index (χ0n) is 9.64. The molecule has 2 N–H and O–H groups in total. The molecular weight excluding hydrogens is 240 g/mol. The van der Waals surface area contributed by atoms with Crippen molar-refractivity contribution >= 4 is 23.2 Å². The first-order valence-corrected chi connectivity index (χ1v) is 6.26. The van der Waals surface area contributed by atoms with Crippen molar-refractivity contribution < 1.29 is 14.7 Å². The van der Waals surface area contributed by atoms with Crippen molar-refractivity contribution in [2.24, 2.45) is 11.8 Å². The third-order valence-corrected chi connectivity index (χ3v) is 3.91. The Labute approximate surface area is 103 Å². The lowest BCUT2D eigenvalue weighted by Gasteiger charge is -2.10. The molecule has 0 spiro atoms. The molecule has 92 valence electrons. The Hall–Kier alpha value is -1.43. The normalized spacial score (nSPS) is 24.1. The van der Waals surface area contributed by atoms with Crippen LogP contribution in [-0.4, -0.2) is 22.0 Å². The number of nitrogens with zero attached hydrogens (tertiary/aromatic N) is 1. The number of nitrogens with one attached hydrogen (secondary N) is 1. The van der Waals surface area contributed by atoms with Crippen molar-refractivity contribution in [3.8, 4) is 0 Å². The minimum atomic E-state index is -0.886. The van der Waals surface area contributed by atoms with E-state index in [1.807, 2.05) is 13.8 Å². The number of aryl methyl sites for hydroxylation is 1. The van der Waals surface area contributed by atoms with E-state index in [1.165, 1.54) is 11.3 Å². The smallest absolute Gasteiger partial charge is 0.307 e. The fourth-order valence-electron chi connectivity index (χ4n) is 1.71. The zero-order valence-corrected chi connectivity index (χ0v) is 10.5. The highest BCUT2D eigenvalue weighted by Crippen LogP contribution is 2.39. The molecule has 1 amide bonds. The van der Waals surface area contributed by atoms with Crippen molar-refractivity contribution in [2.75, 3.05) is 0 Å². The van der Waals surface area contributed by atoms with Crippen LogP contribution in [0.4, 0.5) is 0 Å². The highest BCUT2D eigenvalue weighted by atomic mass is 32.1. The molecule has 5 nitrogen and oxygen atoms in total. The molecule has 6 heteroatoms. The monoisotopic (exact) mass is 254 g/mol. The van der Waals surface area contributed by atoms with Crippen LogP contribution < -0.4 is 5.32 Å². The summed E-state index contributed by atoms with van der Waals surface area (Å²) in [6.07, 6.45) is 2.21. The third-order valence-electron chi connectivity index (χ3n) is 2.81. The molecule has 1 aliphatic rings. The van der Waals surface area contributed by atoms with Crippen LogP contribution in [0.15, 0.2) is 6.20 Å². The average molecular weight is 254 g/mol. The molecule has 0 aliphatic heterocycles. The standard InChI is InChI=1S/C11H14N2O3S/c1-5-4-12-10(17-5)6(2)13-9(14)7-3-8(7)11(15)16/h4,6-8H,3H2,1-2H3,(H,13,14)(H,15,16)/t6?,7-,8+/m1/s1. The van der Waals surface area contributed by atoms with Crippen LogP contribution >= 0.6 is 11.3 Å². The summed E-state index contributed by atoms with van der Waals surface area (Å²) in [5.41, 5.74) is 0. The van der Waals surface area contributed by atoms with Gasteiger partial charge in [0.2, 0.25) is 5.91 Å². The summed E-state index contributed by atoms with van der Waals surface area (Å²) in [5.74, 6) is -1.93. The number of hydrogen-bond donors (Lipinski definition) is 2. The van der Waals surface area contributed by atoms with E-state index in [0.29, 0.717) is 6.42 Å². The Morgan fingerprint density at radius 1 is 1.59 bits per heavy atom. The van der Waals surface area contributed by atoms with Crippen molar-refractivity contribution in [2.45, 2.75) is 26.3 Å². The number of carboxylic acid groups (broad SMARTS) is 1. The maximum absolute atomic E-state index is 11.7. The van der Waals surface area contributed by atoms with Gasteiger partial charge in [-0.05, 0) is 20.3 Å². The van der Waals surface area contributed by atoms with Gasteiger partial charge in [-0.2, -0.15) is 0 Å². The lowest BCUT2D eigenvalue weighted by atomic mass is 10.2. The molecule has 1 saturated carbocycles. The number of amides is 1. The number of carboxylic acids is 1. The van der Waals surface area contributed by atoms with Gasteiger partial charge in [0.05, 0.1) is 17.9 Å². The molecule has 1 fully saturated rings. The minimum Gasteiger partial charge on any atom is -0.481 e. The van der Waals surface area contributed by atoms with Crippen LogP contribution in [0.25, 0.3) is 0 Å². The summed E-state index contributed by atoms with van der Waals surface area (Å²) in [6.45, 7) is 3.81. The molecule has 1 heterocycles. The average Bonchev–Trinajstić information content (AvgIpc) is 2.95. The van der Waals surface area contributed by atoms with Crippen LogP contribution in [0.1, 0.15) is 29.3 Å². The number of thiazole rings is 1. The Morgan fingerprint density at radius 3 is 2.76 bits per heavy atom. The first-order valence-electron chi connectivity index (χ1n) is 5.44. The number of aliphatic carboxylic acids is 1. The van der Waals surface area contributed by atoms with E-state index in [1.54, 1.807) is 6.20 Å². The maximum atomic E-state index is 11.7. The number of aromatic nitrogens is 1. The fraction of sp³-hybridized carbons (Fsp3) is 0.545. The summed E-state index contributed by atoms with van der Waals surface area (Å²) in [6, 6.07) is -0.156. The second-order valence-corrected chi connectivity index (χ2v) is 5.59. The van der Waals surface area contributed by atoms with E-state index in [0.717, 1.165) is 9.88 Å². The quantitative estimate of drug-likeness (QED) is 0.850. The van der Waals surface area contributed by atoms with Gasteiger partial charge in [0.15, 0.2) is 0 Å². The van der Waals surface area contributed by atoms with Gasteiger partial charge >= 0.3 is 5.97 Å². The number of rotatable bonds is 4. The largest absolute Gasteiger partial charge is 0.481 e. The van der Waals surface area contributed by atoms with E-state index >= 15 is 0 Å². The Kier molecular flexibility index (Phi) is 3.15. The summed E-state index contributed by atoms with van der Waals surface area (Å²) >= 11 is 1.53. The molecule has 2 rings (SSSR count). The van der Waals surface area contributed by atoms with E-state index in [2.05, 4.69) is 10.3 Å². The molecule has 0 bridgehead atoms.